The summed E-state index contributed by atoms with van der Waals surface area (Å²) in [6.45, 7) is 2.60. The molecule has 1 aromatic heterocycles. The first-order valence-electron chi connectivity index (χ1n) is 11.3. The summed E-state index contributed by atoms with van der Waals surface area (Å²) < 4.78 is 34.3. The van der Waals surface area contributed by atoms with Gasteiger partial charge in [0.05, 0.1) is 10.5 Å². The first-order chi connectivity index (χ1) is 17.0. The first-order valence-corrected chi connectivity index (χ1v) is 11.6. The number of halogens is 3. The van der Waals surface area contributed by atoms with E-state index in [2.05, 4.69) is 25.5 Å². The summed E-state index contributed by atoms with van der Waals surface area (Å²) in [5, 5.41) is 7.47. The van der Waals surface area contributed by atoms with Gasteiger partial charge in [0, 0.05) is 42.3 Å². The third-order valence-corrected chi connectivity index (χ3v) is 6.40. The summed E-state index contributed by atoms with van der Waals surface area (Å²) in [5.74, 6) is 0.324. The zero-order chi connectivity index (χ0) is 24.4. The summed E-state index contributed by atoms with van der Waals surface area (Å²) in [7, 11) is 2.00. The van der Waals surface area contributed by atoms with Crippen LogP contribution >= 0.6 is 11.6 Å². The van der Waals surface area contributed by atoms with Gasteiger partial charge in [-0.05, 0) is 55.1 Å². The maximum Gasteiger partial charge on any atom is 0.141 e. The number of ether oxygens (including phenoxy) is 1. The van der Waals surface area contributed by atoms with Crippen LogP contribution in [-0.4, -0.2) is 41.5 Å². The van der Waals surface area contributed by atoms with Crippen molar-refractivity contribution in [1.82, 2.24) is 20.2 Å². The quantitative estimate of drug-likeness (QED) is 0.370. The van der Waals surface area contributed by atoms with Crippen molar-refractivity contribution in [3.63, 3.8) is 0 Å². The number of hydrogen-bond donors (Lipinski definition) is 2. The number of benzene rings is 3. The number of fused-ring (bicyclic) bond motifs is 1. The summed E-state index contributed by atoms with van der Waals surface area (Å²) in [5.41, 5.74) is 2.62. The Morgan fingerprint density at radius 2 is 2.03 bits per heavy atom. The highest BCUT2D eigenvalue weighted by Gasteiger charge is 2.24. The molecular formula is C26H24ClF2N5O. The highest BCUT2D eigenvalue weighted by Crippen LogP contribution is 2.33. The molecule has 0 spiro atoms. The monoisotopic (exact) mass is 495 g/mol. The summed E-state index contributed by atoms with van der Waals surface area (Å²) in [6, 6.07) is 14.6. The van der Waals surface area contributed by atoms with Gasteiger partial charge in [-0.3, -0.25) is 4.90 Å². The number of anilines is 2. The Morgan fingerprint density at radius 3 is 2.83 bits per heavy atom. The molecule has 2 heterocycles. The van der Waals surface area contributed by atoms with Crippen molar-refractivity contribution in [2.45, 2.75) is 12.6 Å². The van der Waals surface area contributed by atoms with Crippen molar-refractivity contribution in [2.75, 3.05) is 32.0 Å². The Morgan fingerprint density at radius 1 is 1.14 bits per heavy atom. The van der Waals surface area contributed by atoms with E-state index in [1.54, 1.807) is 36.4 Å². The summed E-state index contributed by atoms with van der Waals surface area (Å²) in [4.78, 5) is 10.8. The molecule has 6 nitrogen and oxygen atoms in total. The number of nitrogens with zero attached hydrogens (tertiary/aromatic N) is 3. The molecule has 1 fully saturated rings. The molecule has 0 bridgehead atoms. The normalized spacial score (nSPS) is 16.4. The fraction of sp³-hybridized carbons (Fsp3) is 0.231. The minimum Gasteiger partial charge on any atom is -0.487 e. The van der Waals surface area contributed by atoms with Crippen LogP contribution in [0, 0.1) is 11.6 Å². The van der Waals surface area contributed by atoms with Gasteiger partial charge >= 0.3 is 0 Å². The number of likely N-dealkylation sites (N-methyl/N-ethyl adjacent to an activating group) is 1. The van der Waals surface area contributed by atoms with Gasteiger partial charge in [0.15, 0.2) is 0 Å². The minimum atomic E-state index is -0.320. The Balaban J connectivity index is 1.36. The molecule has 1 aliphatic rings. The molecule has 0 saturated carbocycles. The van der Waals surface area contributed by atoms with Gasteiger partial charge in [0.25, 0.3) is 0 Å². The molecule has 1 unspecified atom stereocenters. The third-order valence-electron chi connectivity index (χ3n) is 6.10. The van der Waals surface area contributed by atoms with E-state index in [4.69, 9.17) is 16.3 Å². The van der Waals surface area contributed by atoms with Crippen molar-refractivity contribution in [3.05, 3.63) is 88.7 Å². The molecule has 0 amide bonds. The predicted molar refractivity (Wildman–Crippen MR) is 133 cm³/mol. The highest BCUT2D eigenvalue weighted by molar-refractivity contribution is 6.32. The lowest BCUT2D eigenvalue weighted by molar-refractivity contribution is 0.198. The molecule has 9 heteroatoms. The molecular weight excluding hydrogens is 472 g/mol. The number of rotatable bonds is 6. The molecule has 5 rings (SSSR count). The Hall–Kier alpha value is -3.33. The van der Waals surface area contributed by atoms with Gasteiger partial charge in [-0.1, -0.05) is 23.7 Å². The van der Waals surface area contributed by atoms with Crippen LogP contribution in [0.25, 0.3) is 10.9 Å². The van der Waals surface area contributed by atoms with Crippen molar-refractivity contribution < 1.29 is 13.5 Å². The Bertz CT molecular complexity index is 1370. The van der Waals surface area contributed by atoms with E-state index in [-0.39, 0.29) is 24.3 Å². The standard InChI is InChI=1S/C26H24ClF2N5O/c1-34-8-7-30-13-24(34)19-12-23-20(11-22(19)29)26(32-15-31-23)33-18-5-6-25(21(27)10-18)35-14-16-3-2-4-17(28)9-16/h2-6,9-12,15,24,30H,7-8,13-14H2,1H3,(H,31,32,33). The van der Waals surface area contributed by atoms with E-state index < -0.39 is 0 Å². The lowest BCUT2D eigenvalue weighted by atomic mass is 10.0. The van der Waals surface area contributed by atoms with E-state index in [9.17, 15) is 4.39 Å². The fourth-order valence-corrected chi connectivity index (χ4v) is 4.46. The van der Waals surface area contributed by atoms with E-state index in [0.29, 0.717) is 50.9 Å². The predicted octanol–water partition coefficient (Wildman–Crippen LogP) is 5.46. The second-order valence-electron chi connectivity index (χ2n) is 8.50. The highest BCUT2D eigenvalue weighted by atomic mass is 35.5. The second-order valence-corrected chi connectivity index (χ2v) is 8.91. The minimum absolute atomic E-state index is 0.0572. The van der Waals surface area contributed by atoms with Gasteiger partial charge in [-0.2, -0.15) is 0 Å². The van der Waals surface area contributed by atoms with Crippen molar-refractivity contribution in [3.8, 4) is 5.75 Å². The number of hydrogen-bond acceptors (Lipinski definition) is 6. The zero-order valence-electron chi connectivity index (χ0n) is 19.1. The lowest BCUT2D eigenvalue weighted by Crippen LogP contribution is -2.44. The van der Waals surface area contributed by atoms with Crippen LogP contribution in [0.1, 0.15) is 17.2 Å². The van der Waals surface area contributed by atoms with Crippen LogP contribution < -0.4 is 15.4 Å². The Kier molecular flexibility index (Phi) is 6.77. The summed E-state index contributed by atoms with van der Waals surface area (Å²) >= 11 is 6.41. The zero-order valence-corrected chi connectivity index (χ0v) is 19.8. The van der Waals surface area contributed by atoms with Crippen LogP contribution in [-0.2, 0) is 6.61 Å². The van der Waals surface area contributed by atoms with Crippen LogP contribution in [0.4, 0.5) is 20.3 Å². The van der Waals surface area contributed by atoms with E-state index >= 15 is 4.39 Å². The van der Waals surface area contributed by atoms with Gasteiger partial charge < -0.3 is 15.4 Å². The van der Waals surface area contributed by atoms with Gasteiger partial charge in [0.1, 0.15) is 36.1 Å². The molecule has 1 aliphatic heterocycles. The lowest BCUT2D eigenvalue weighted by Gasteiger charge is -2.33. The average molecular weight is 496 g/mol. The molecule has 180 valence electrons. The Labute approximate surface area is 206 Å². The smallest absolute Gasteiger partial charge is 0.141 e. The second kappa shape index (κ2) is 10.1. The third kappa shape index (κ3) is 5.19. The van der Waals surface area contributed by atoms with Crippen LogP contribution in [0.3, 0.4) is 0 Å². The summed E-state index contributed by atoms with van der Waals surface area (Å²) in [6.07, 6.45) is 1.45. The molecule has 1 saturated heterocycles. The van der Waals surface area contributed by atoms with Crippen LogP contribution in [0.2, 0.25) is 5.02 Å². The van der Waals surface area contributed by atoms with Gasteiger partial charge in [0.2, 0.25) is 0 Å². The molecule has 3 aromatic carbocycles. The molecule has 1 atom stereocenters. The van der Waals surface area contributed by atoms with Crippen molar-refractivity contribution in [2.24, 2.45) is 0 Å². The molecule has 0 aliphatic carbocycles. The topological polar surface area (TPSA) is 62.3 Å². The van der Waals surface area contributed by atoms with Crippen molar-refractivity contribution in [1.29, 1.82) is 0 Å². The van der Waals surface area contributed by atoms with E-state index in [1.807, 2.05) is 7.05 Å². The number of aromatic nitrogens is 2. The fourth-order valence-electron chi connectivity index (χ4n) is 4.22. The molecule has 0 radical (unpaired) electrons. The molecule has 35 heavy (non-hydrogen) atoms. The van der Waals surface area contributed by atoms with Crippen LogP contribution in [0.15, 0.2) is 60.9 Å². The van der Waals surface area contributed by atoms with Crippen LogP contribution in [0.5, 0.6) is 5.75 Å². The first kappa shape index (κ1) is 23.4. The van der Waals surface area contributed by atoms with E-state index in [0.717, 1.165) is 13.1 Å². The van der Waals surface area contributed by atoms with E-state index in [1.165, 1.54) is 24.5 Å². The van der Waals surface area contributed by atoms with Gasteiger partial charge in [-0.15, -0.1) is 0 Å². The van der Waals surface area contributed by atoms with Gasteiger partial charge in [-0.25, -0.2) is 18.7 Å². The molecule has 4 aromatic rings. The number of nitrogens with one attached hydrogen (secondary N) is 2. The SMILES string of the molecule is CN1CCNCC1c1cc2ncnc(Nc3ccc(OCc4cccc(F)c4)c(Cl)c3)c2cc1F. The number of piperazine rings is 1. The largest absolute Gasteiger partial charge is 0.487 e. The maximum absolute atomic E-state index is 15.2. The molecule has 2 N–H and O–H groups in total. The maximum atomic E-state index is 15.2. The van der Waals surface area contributed by atoms with Crippen molar-refractivity contribution >= 4 is 34.0 Å². The average Bonchev–Trinajstić information content (AvgIpc) is 2.84.